The summed E-state index contributed by atoms with van der Waals surface area (Å²) in [5, 5.41) is 9.92. The predicted molar refractivity (Wildman–Crippen MR) is 59.5 cm³/mol. The van der Waals surface area contributed by atoms with Crippen LogP contribution in [0.5, 0.6) is 0 Å². The van der Waals surface area contributed by atoms with E-state index in [-0.39, 0.29) is 0 Å². The Kier molecular flexibility index (Phi) is 2.22. The molecule has 1 aromatic carbocycles. The number of benzene rings is 1. The van der Waals surface area contributed by atoms with Crippen molar-refractivity contribution >= 4 is 22.7 Å². The number of nitrogens with zero attached hydrogens (tertiary/aromatic N) is 1. The second kappa shape index (κ2) is 3.39. The van der Waals surface area contributed by atoms with Crippen LogP contribution in [-0.2, 0) is 0 Å². The molecule has 0 radical (unpaired) electrons. The van der Waals surface area contributed by atoms with E-state index in [0.29, 0.717) is 5.69 Å². The third kappa shape index (κ3) is 1.28. The van der Waals surface area contributed by atoms with E-state index in [2.05, 4.69) is 30.3 Å². The van der Waals surface area contributed by atoms with Crippen molar-refractivity contribution in [2.75, 3.05) is 6.26 Å². The van der Waals surface area contributed by atoms with Crippen molar-refractivity contribution in [2.45, 2.75) is 11.8 Å². The van der Waals surface area contributed by atoms with Gasteiger partial charge in [-0.2, -0.15) is 5.26 Å². The second-order valence-corrected chi connectivity index (χ2v) is 4.00. The van der Waals surface area contributed by atoms with E-state index in [1.54, 1.807) is 11.8 Å². The highest BCUT2D eigenvalue weighted by Gasteiger charge is 2.05. The molecular formula is C11H10N2S. The molecule has 0 spiro atoms. The lowest BCUT2D eigenvalue weighted by Crippen LogP contribution is -1.79. The molecule has 14 heavy (non-hydrogen) atoms. The molecular weight excluding hydrogens is 192 g/mol. The van der Waals surface area contributed by atoms with Gasteiger partial charge in [-0.05, 0) is 36.9 Å². The van der Waals surface area contributed by atoms with E-state index in [4.69, 9.17) is 5.26 Å². The highest BCUT2D eigenvalue weighted by atomic mass is 32.2. The molecule has 0 amide bonds. The average molecular weight is 202 g/mol. The summed E-state index contributed by atoms with van der Waals surface area (Å²) in [6.07, 6.45) is 2.06. The highest BCUT2D eigenvalue weighted by Crippen LogP contribution is 2.27. The van der Waals surface area contributed by atoms with Gasteiger partial charge in [0, 0.05) is 15.8 Å². The fraction of sp³-hybridized carbons (Fsp3) is 0.182. The molecule has 2 rings (SSSR count). The first-order valence-corrected chi connectivity index (χ1v) is 5.55. The Bertz CT molecular complexity index is 520. The van der Waals surface area contributed by atoms with Gasteiger partial charge in [-0.15, -0.1) is 11.8 Å². The highest BCUT2D eigenvalue weighted by molar-refractivity contribution is 7.98. The van der Waals surface area contributed by atoms with E-state index in [1.807, 2.05) is 12.1 Å². The summed E-state index contributed by atoms with van der Waals surface area (Å²) < 4.78 is 0. The van der Waals surface area contributed by atoms with Gasteiger partial charge in [0.25, 0.3) is 0 Å². The van der Waals surface area contributed by atoms with Gasteiger partial charge in [0.15, 0.2) is 0 Å². The summed E-state index contributed by atoms with van der Waals surface area (Å²) >= 11 is 1.73. The minimum absolute atomic E-state index is 0.626. The maximum Gasteiger partial charge on any atom is 0.118 e. The molecule has 0 saturated heterocycles. The number of aryl methyl sites for hydroxylation is 1. The molecule has 1 aromatic heterocycles. The SMILES string of the molecule is CSc1ccc2[nH]c(C#N)cc2c1C. The van der Waals surface area contributed by atoms with Crippen LogP contribution >= 0.6 is 11.8 Å². The van der Waals surface area contributed by atoms with Crippen LogP contribution in [0.15, 0.2) is 23.1 Å². The number of hydrogen-bond acceptors (Lipinski definition) is 2. The molecule has 0 aliphatic heterocycles. The summed E-state index contributed by atoms with van der Waals surface area (Å²) in [6, 6.07) is 8.13. The van der Waals surface area contributed by atoms with Crippen molar-refractivity contribution < 1.29 is 0 Å². The fourth-order valence-corrected chi connectivity index (χ4v) is 2.23. The summed E-state index contributed by atoms with van der Waals surface area (Å²) in [7, 11) is 0. The van der Waals surface area contributed by atoms with Gasteiger partial charge in [0.1, 0.15) is 11.8 Å². The molecule has 2 nitrogen and oxygen atoms in total. The Labute approximate surface area is 86.9 Å². The van der Waals surface area contributed by atoms with Crippen LogP contribution in [0.2, 0.25) is 0 Å². The van der Waals surface area contributed by atoms with E-state index in [1.165, 1.54) is 10.5 Å². The molecule has 0 atom stereocenters. The molecule has 1 heterocycles. The lowest BCUT2D eigenvalue weighted by molar-refractivity contribution is 1.34. The number of rotatable bonds is 1. The monoisotopic (exact) mass is 202 g/mol. The van der Waals surface area contributed by atoms with Gasteiger partial charge in [-0.25, -0.2) is 0 Å². The van der Waals surface area contributed by atoms with Crippen LogP contribution in [0.4, 0.5) is 0 Å². The fourth-order valence-electron chi connectivity index (χ4n) is 1.61. The number of aromatic amines is 1. The lowest BCUT2D eigenvalue weighted by atomic mass is 10.1. The second-order valence-electron chi connectivity index (χ2n) is 3.15. The zero-order valence-electron chi connectivity index (χ0n) is 8.09. The molecule has 0 aliphatic carbocycles. The first-order chi connectivity index (χ1) is 6.76. The van der Waals surface area contributed by atoms with Crippen LogP contribution in [-0.4, -0.2) is 11.2 Å². The van der Waals surface area contributed by atoms with Crippen LogP contribution in [0.25, 0.3) is 10.9 Å². The van der Waals surface area contributed by atoms with E-state index in [0.717, 1.165) is 10.9 Å². The quantitative estimate of drug-likeness (QED) is 0.722. The molecule has 0 saturated carbocycles. The number of fused-ring (bicyclic) bond motifs is 1. The molecule has 2 aromatic rings. The maximum absolute atomic E-state index is 8.77. The Morgan fingerprint density at radius 3 is 2.86 bits per heavy atom. The lowest BCUT2D eigenvalue weighted by Gasteiger charge is -2.02. The number of nitriles is 1. The number of hydrogen-bond donors (Lipinski definition) is 1. The van der Waals surface area contributed by atoms with Crippen molar-refractivity contribution in [1.82, 2.24) is 4.98 Å². The van der Waals surface area contributed by atoms with Crippen molar-refractivity contribution in [2.24, 2.45) is 0 Å². The summed E-state index contributed by atoms with van der Waals surface area (Å²) in [5.74, 6) is 0. The van der Waals surface area contributed by atoms with Crippen molar-refractivity contribution in [1.29, 1.82) is 5.26 Å². The summed E-state index contributed by atoms with van der Waals surface area (Å²) in [5.41, 5.74) is 2.91. The molecule has 0 aliphatic rings. The molecule has 1 N–H and O–H groups in total. The van der Waals surface area contributed by atoms with Crippen molar-refractivity contribution in [3.8, 4) is 6.07 Å². The van der Waals surface area contributed by atoms with Crippen LogP contribution in [0.3, 0.4) is 0 Å². The zero-order chi connectivity index (χ0) is 10.1. The zero-order valence-corrected chi connectivity index (χ0v) is 8.90. The maximum atomic E-state index is 8.77. The third-order valence-corrected chi connectivity index (χ3v) is 3.25. The van der Waals surface area contributed by atoms with E-state index < -0.39 is 0 Å². The molecule has 3 heteroatoms. The topological polar surface area (TPSA) is 39.6 Å². The standard InChI is InChI=1S/C11H10N2S/c1-7-9-5-8(6-12)13-10(9)3-4-11(7)14-2/h3-5,13H,1-2H3. The molecule has 0 bridgehead atoms. The minimum atomic E-state index is 0.626. The number of aromatic nitrogens is 1. The summed E-state index contributed by atoms with van der Waals surface area (Å²) in [4.78, 5) is 4.33. The Morgan fingerprint density at radius 2 is 2.21 bits per heavy atom. The van der Waals surface area contributed by atoms with Crippen molar-refractivity contribution in [3.63, 3.8) is 0 Å². The first kappa shape index (κ1) is 9.17. The molecule has 70 valence electrons. The molecule has 0 fully saturated rings. The van der Waals surface area contributed by atoms with E-state index >= 15 is 0 Å². The normalized spacial score (nSPS) is 10.4. The van der Waals surface area contributed by atoms with E-state index in [9.17, 15) is 0 Å². The average Bonchev–Trinajstić information content (AvgIpc) is 2.62. The van der Waals surface area contributed by atoms with Gasteiger partial charge in [-0.1, -0.05) is 0 Å². The van der Waals surface area contributed by atoms with Gasteiger partial charge >= 0.3 is 0 Å². The van der Waals surface area contributed by atoms with Gasteiger partial charge in [0.05, 0.1) is 0 Å². The largest absolute Gasteiger partial charge is 0.346 e. The number of thioether (sulfide) groups is 1. The van der Waals surface area contributed by atoms with Crippen LogP contribution in [0.1, 0.15) is 11.3 Å². The third-order valence-electron chi connectivity index (χ3n) is 2.36. The number of nitrogens with one attached hydrogen (secondary N) is 1. The van der Waals surface area contributed by atoms with Gasteiger partial charge < -0.3 is 4.98 Å². The Balaban J connectivity index is 2.76. The van der Waals surface area contributed by atoms with Gasteiger partial charge in [-0.3, -0.25) is 0 Å². The van der Waals surface area contributed by atoms with Crippen molar-refractivity contribution in [3.05, 3.63) is 29.5 Å². The molecule has 0 unspecified atom stereocenters. The van der Waals surface area contributed by atoms with Crippen LogP contribution < -0.4 is 0 Å². The minimum Gasteiger partial charge on any atom is -0.346 e. The Hall–Kier alpha value is -1.40. The predicted octanol–water partition coefficient (Wildman–Crippen LogP) is 3.07. The number of H-pyrrole nitrogens is 1. The smallest absolute Gasteiger partial charge is 0.118 e. The summed E-state index contributed by atoms with van der Waals surface area (Å²) in [6.45, 7) is 2.09. The van der Waals surface area contributed by atoms with Crippen LogP contribution in [0, 0.1) is 18.3 Å². The van der Waals surface area contributed by atoms with Gasteiger partial charge in [0.2, 0.25) is 0 Å². The first-order valence-electron chi connectivity index (χ1n) is 4.32. The Morgan fingerprint density at radius 1 is 1.43 bits per heavy atom.